The van der Waals surface area contributed by atoms with E-state index in [0.717, 1.165) is 0 Å². The molecule has 0 saturated heterocycles. The third-order valence-electron chi connectivity index (χ3n) is 4.33. The van der Waals surface area contributed by atoms with Gasteiger partial charge in [0.25, 0.3) is 12.0 Å². The van der Waals surface area contributed by atoms with E-state index < -0.39 is 12.0 Å². The van der Waals surface area contributed by atoms with Crippen molar-refractivity contribution in [1.29, 1.82) is 0 Å². The molecule has 9 heteroatoms. The van der Waals surface area contributed by atoms with Crippen LogP contribution in [0.15, 0.2) is 35.1 Å². The number of halogens is 2. The number of methoxy groups -OCH3 is 2. The van der Waals surface area contributed by atoms with E-state index in [1.807, 2.05) is 0 Å². The van der Waals surface area contributed by atoms with E-state index in [1.54, 1.807) is 43.1 Å². The van der Waals surface area contributed by atoms with Crippen molar-refractivity contribution in [2.45, 2.75) is 19.4 Å². The Bertz CT molecular complexity index is 1090. The number of ether oxygens (including phenoxy) is 2. The number of hydrogen-bond donors (Lipinski definition) is 1. The zero-order chi connectivity index (χ0) is 20.3. The average molecular weight is 407 g/mol. The predicted octanol–water partition coefficient (Wildman–Crippen LogP) is 4.10. The molecule has 0 aliphatic carbocycles. The minimum absolute atomic E-state index is 0.133. The summed E-state index contributed by atoms with van der Waals surface area (Å²) >= 11 is 5.24. The Kier molecular flexibility index (Phi) is 6.15. The fraction of sp³-hybridized carbons (Fsp3) is 0.316. The van der Waals surface area contributed by atoms with E-state index in [9.17, 15) is 13.6 Å². The molecule has 0 amide bonds. The first-order chi connectivity index (χ1) is 13.5. The molecule has 1 N–H and O–H groups in total. The number of nitrogens with zero attached hydrogens (tertiary/aromatic N) is 2. The second-order valence-electron chi connectivity index (χ2n) is 6.08. The van der Waals surface area contributed by atoms with Crippen LogP contribution in [0.4, 0.5) is 8.78 Å². The maximum Gasteiger partial charge on any atom is 0.264 e. The highest BCUT2D eigenvalue weighted by Crippen LogP contribution is 2.30. The highest BCUT2D eigenvalue weighted by molar-refractivity contribution is 7.71. The molecule has 0 saturated carbocycles. The second kappa shape index (κ2) is 8.57. The third-order valence-corrected chi connectivity index (χ3v) is 4.65. The van der Waals surface area contributed by atoms with Crippen molar-refractivity contribution in [3.8, 4) is 17.0 Å². The number of aromatic amines is 1. The van der Waals surface area contributed by atoms with Crippen molar-refractivity contribution in [1.82, 2.24) is 14.5 Å². The molecular formula is C19H19F2N3O3S. The minimum Gasteiger partial charge on any atom is -0.497 e. The Morgan fingerprint density at radius 2 is 1.96 bits per heavy atom. The highest BCUT2D eigenvalue weighted by atomic mass is 32.1. The van der Waals surface area contributed by atoms with E-state index >= 15 is 0 Å². The Morgan fingerprint density at radius 1 is 1.25 bits per heavy atom. The van der Waals surface area contributed by atoms with E-state index in [4.69, 9.17) is 21.7 Å². The van der Waals surface area contributed by atoms with Gasteiger partial charge < -0.3 is 14.0 Å². The Morgan fingerprint density at radius 3 is 2.57 bits per heavy atom. The fourth-order valence-corrected chi connectivity index (χ4v) is 3.23. The molecule has 0 bridgehead atoms. The molecule has 0 aliphatic heterocycles. The normalized spacial score (nSPS) is 11.3. The molecule has 0 radical (unpaired) electrons. The molecule has 0 unspecified atom stereocenters. The SMILES string of the molecule is COCCCn1c(=S)[nH]c(=O)c2c(C(F)F)cc(-c3ccc(OC)cc3)nc21. The van der Waals surface area contributed by atoms with Crippen molar-refractivity contribution < 1.29 is 18.3 Å². The van der Waals surface area contributed by atoms with Gasteiger partial charge in [0.2, 0.25) is 0 Å². The number of benzene rings is 1. The zero-order valence-electron chi connectivity index (χ0n) is 15.4. The van der Waals surface area contributed by atoms with Gasteiger partial charge in [0.15, 0.2) is 4.77 Å². The molecule has 0 aliphatic rings. The molecule has 0 atom stereocenters. The number of aryl methyl sites for hydroxylation is 1. The van der Waals surface area contributed by atoms with Crippen molar-refractivity contribution in [2.24, 2.45) is 0 Å². The lowest BCUT2D eigenvalue weighted by molar-refractivity contribution is 0.153. The van der Waals surface area contributed by atoms with Gasteiger partial charge in [-0.2, -0.15) is 0 Å². The van der Waals surface area contributed by atoms with Gasteiger partial charge in [0.1, 0.15) is 11.4 Å². The summed E-state index contributed by atoms with van der Waals surface area (Å²) in [6, 6.07) is 8.11. The van der Waals surface area contributed by atoms with Crippen LogP contribution in [0.3, 0.4) is 0 Å². The molecule has 1 aromatic carbocycles. The molecule has 28 heavy (non-hydrogen) atoms. The van der Waals surface area contributed by atoms with Crippen LogP contribution >= 0.6 is 12.2 Å². The van der Waals surface area contributed by atoms with E-state index in [2.05, 4.69) is 9.97 Å². The monoisotopic (exact) mass is 407 g/mol. The second-order valence-corrected chi connectivity index (χ2v) is 6.47. The summed E-state index contributed by atoms with van der Waals surface area (Å²) in [5.41, 5.74) is 0.0262. The first-order valence-electron chi connectivity index (χ1n) is 8.55. The number of alkyl halides is 2. The molecule has 2 heterocycles. The fourth-order valence-electron chi connectivity index (χ4n) is 2.96. The quantitative estimate of drug-likeness (QED) is 0.472. The van der Waals surface area contributed by atoms with Gasteiger partial charge in [-0.1, -0.05) is 0 Å². The lowest BCUT2D eigenvalue weighted by atomic mass is 10.1. The predicted molar refractivity (Wildman–Crippen MR) is 105 cm³/mol. The summed E-state index contributed by atoms with van der Waals surface area (Å²) in [5, 5.41) is -0.154. The van der Waals surface area contributed by atoms with Gasteiger partial charge in [0, 0.05) is 31.4 Å². The van der Waals surface area contributed by atoms with Crippen LogP contribution in [0.5, 0.6) is 5.75 Å². The lowest BCUT2D eigenvalue weighted by Crippen LogP contribution is -2.18. The molecule has 0 fully saturated rings. The van der Waals surface area contributed by atoms with E-state index in [-0.39, 0.29) is 21.4 Å². The summed E-state index contributed by atoms with van der Waals surface area (Å²) in [7, 11) is 3.11. The van der Waals surface area contributed by atoms with Crippen LogP contribution in [0.1, 0.15) is 18.4 Å². The van der Waals surface area contributed by atoms with Crippen LogP contribution in [0, 0.1) is 4.77 Å². The van der Waals surface area contributed by atoms with Crippen LogP contribution in [0.25, 0.3) is 22.3 Å². The molecule has 2 aromatic heterocycles. The third kappa shape index (κ3) is 3.95. The van der Waals surface area contributed by atoms with Gasteiger partial charge in [-0.05, 0) is 49.0 Å². The number of pyridine rings is 1. The number of fused-ring (bicyclic) bond motifs is 1. The van der Waals surface area contributed by atoms with Crippen molar-refractivity contribution in [3.63, 3.8) is 0 Å². The zero-order valence-corrected chi connectivity index (χ0v) is 16.2. The molecular weight excluding hydrogens is 388 g/mol. The van der Waals surface area contributed by atoms with E-state index in [1.165, 1.54) is 6.07 Å². The Balaban J connectivity index is 2.27. The number of nitrogens with one attached hydrogen (secondary N) is 1. The maximum absolute atomic E-state index is 13.8. The van der Waals surface area contributed by atoms with Gasteiger partial charge in [0.05, 0.1) is 18.2 Å². The van der Waals surface area contributed by atoms with Gasteiger partial charge in [-0.3, -0.25) is 9.78 Å². The highest BCUT2D eigenvalue weighted by Gasteiger charge is 2.20. The molecule has 6 nitrogen and oxygen atoms in total. The van der Waals surface area contributed by atoms with E-state index in [0.29, 0.717) is 36.6 Å². The average Bonchev–Trinajstić information content (AvgIpc) is 2.69. The number of hydrogen-bond acceptors (Lipinski definition) is 5. The van der Waals surface area contributed by atoms with Gasteiger partial charge in [-0.15, -0.1) is 0 Å². The first kappa shape index (κ1) is 20.1. The molecule has 0 spiro atoms. The number of H-pyrrole nitrogens is 1. The molecule has 3 aromatic rings. The summed E-state index contributed by atoms with van der Waals surface area (Å²) in [6.07, 6.45) is -2.25. The number of aromatic nitrogens is 3. The van der Waals surface area contributed by atoms with Gasteiger partial charge >= 0.3 is 0 Å². The van der Waals surface area contributed by atoms with Crippen molar-refractivity contribution in [3.05, 3.63) is 51.0 Å². The Hall–Kier alpha value is -2.65. The summed E-state index contributed by atoms with van der Waals surface area (Å²) in [4.78, 5) is 19.4. The Labute approximate surface area is 164 Å². The van der Waals surface area contributed by atoms with Crippen molar-refractivity contribution >= 4 is 23.3 Å². The smallest absolute Gasteiger partial charge is 0.264 e. The summed E-state index contributed by atoms with van der Waals surface area (Å²) in [6.45, 7) is 0.837. The van der Waals surface area contributed by atoms with Crippen LogP contribution in [-0.4, -0.2) is 35.4 Å². The molecule has 3 rings (SSSR count). The summed E-state index contributed by atoms with van der Waals surface area (Å²) < 4.78 is 39.4. The number of rotatable bonds is 7. The largest absolute Gasteiger partial charge is 0.497 e. The molecule has 148 valence electrons. The van der Waals surface area contributed by atoms with Crippen LogP contribution < -0.4 is 10.3 Å². The van der Waals surface area contributed by atoms with Crippen LogP contribution in [0.2, 0.25) is 0 Å². The summed E-state index contributed by atoms with van der Waals surface area (Å²) in [5.74, 6) is 0.637. The van der Waals surface area contributed by atoms with Gasteiger partial charge in [-0.25, -0.2) is 13.8 Å². The lowest BCUT2D eigenvalue weighted by Gasteiger charge is -2.14. The minimum atomic E-state index is -2.84. The standard InChI is InChI=1S/C19H19F2N3O3S/c1-26-9-3-8-24-17-15(18(25)23-19(24)28)13(16(20)21)10-14(22-17)11-4-6-12(27-2)7-5-11/h4-7,10,16H,3,8-9H2,1-2H3,(H,23,25,28). The first-order valence-corrected chi connectivity index (χ1v) is 8.96. The van der Waals surface area contributed by atoms with Crippen molar-refractivity contribution in [2.75, 3.05) is 20.8 Å². The van der Waals surface area contributed by atoms with Crippen LogP contribution in [-0.2, 0) is 11.3 Å². The maximum atomic E-state index is 13.8. The topological polar surface area (TPSA) is 69.1 Å².